The van der Waals surface area contributed by atoms with Crippen LogP contribution in [0, 0.1) is 11.3 Å². The van der Waals surface area contributed by atoms with E-state index in [0.29, 0.717) is 38.6 Å². The van der Waals surface area contributed by atoms with E-state index in [1.54, 1.807) is 18.2 Å². The minimum Gasteiger partial charge on any atom is -0.345 e. The van der Waals surface area contributed by atoms with Crippen LogP contribution in [0.3, 0.4) is 0 Å². The summed E-state index contributed by atoms with van der Waals surface area (Å²) in [6.45, 7) is 9.05. The molecule has 1 aliphatic carbocycles. The predicted octanol–water partition coefficient (Wildman–Crippen LogP) is 7.32. The summed E-state index contributed by atoms with van der Waals surface area (Å²) in [5.41, 5.74) is 1.98. The maximum absolute atomic E-state index is 14.5. The first-order chi connectivity index (χ1) is 21.0. The van der Waals surface area contributed by atoms with Gasteiger partial charge < -0.3 is 10.2 Å². The van der Waals surface area contributed by atoms with Gasteiger partial charge in [-0.05, 0) is 85.8 Å². The summed E-state index contributed by atoms with van der Waals surface area (Å²) in [6.07, 6.45) is 7.67. The SMILES string of the molecule is CCCC1CCC2(CC1)N=C(c1cc(Cl)cc(Cl)c1)C(=O)N2C(CCC(C)(C)C)c1ccc(C(=O)NCc2nn[nH]n2)cc1. The first-order valence-corrected chi connectivity index (χ1v) is 16.2. The zero-order chi connectivity index (χ0) is 31.5. The highest BCUT2D eigenvalue weighted by Crippen LogP contribution is 2.48. The average molecular weight is 639 g/mol. The molecule has 2 amide bonds. The number of nitrogens with one attached hydrogen (secondary N) is 2. The number of benzene rings is 2. The van der Waals surface area contributed by atoms with Crippen LogP contribution in [-0.2, 0) is 11.3 Å². The molecule has 2 aromatic carbocycles. The standard InChI is InChI=1S/C33H41Cl2N7O2/c1-5-6-21-11-15-33(16-12-21)37-29(24-17-25(34)19-26(35)18-24)31(44)42(33)27(13-14-32(2,3)4)22-7-9-23(10-8-22)30(43)36-20-28-38-40-41-39-28/h7-10,17-19,21,27H,5-6,11-16,20H2,1-4H3,(H,36,43)(H,38,39,40,41). The van der Waals surface area contributed by atoms with E-state index < -0.39 is 5.66 Å². The Bertz CT molecular complexity index is 1470. The number of carbonyl (C=O) groups excluding carboxylic acids is 2. The van der Waals surface area contributed by atoms with Gasteiger partial charge in [0.1, 0.15) is 11.4 Å². The van der Waals surface area contributed by atoms with E-state index in [1.165, 1.54) is 6.42 Å². The van der Waals surface area contributed by atoms with Crippen molar-refractivity contribution in [3.63, 3.8) is 0 Å². The second-order valence-corrected chi connectivity index (χ2v) is 14.1. The van der Waals surface area contributed by atoms with Crippen molar-refractivity contribution >= 4 is 40.7 Å². The molecule has 1 aliphatic heterocycles. The van der Waals surface area contributed by atoms with Gasteiger partial charge in [0.2, 0.25) is 0 Å². The Morgan fingerprint density at radius 2 is 1.80 bits per heavy atom. The summed E-state index contributed by atoms with van der Waals surface area (Å²) in [4.78, 5) is 34.7. The lowest BCUT2D eigenvalue weighted by atomic mass is 9.78. The number of H-pyrrole nitrogens is 1. The van der Waals surface area contributed by atoms with Crippen LogP contribution in [0.4, 0.5) is 0 Å². The molecular formula is C33H41Cl2N7O2. The number of aromatic amines is 1. The van der Waals surface area contributed by atoms with Crippen LogP contribution in [-0.4, -0.2) is 48.7 Å². The molecule has 1 unspecified atom stereocenters. The summed E-state index contributed by atoms with van der Waals surface area (Å²) < 4.78 is 0. The highest BCUT2D eigenvalue weighted by molar-refractivity contribution is 6.47. The van der Waals surface area contributed by atoms with Gasteiger partial charge in [0, 0.05) is 21.2 Å². The molecule has 234 valence electrons. The molecule has 2 N–H and O–H groups in total. The Balaban J connectivity index is 1.49. The third-order valence-electron chi connectivity index (χ3n) is 8.76. The third-order valence-corrected chi connectivity index (χ3v) is 9.20. The second-order valence-electron chi connectivity index (χ2n) is 13.3. The van der Waals surface area contributed by atoms with Gasteiger partial charge in [0.25, 0.3) is 11.8 Å². The zero-order valence-electron chi connectivity index (χ0n) is 25.9. The zero-order valence-corrected chi connectivity index (χ0v) is 27.4. The molecule has 9 nitrogen and oxygen atoms in total. The van der Waals surface area contributed by atoms with Crippen LogP contribution in [0.25, 0.3) is 0 Å². The van der Waals surface area contributed by atoms with E-state index in [9.17, 15) is 9.59 Å². The molecule has 3 aromatic rings. The van der Waals surface area contributed by atoms with Crippen LogP contribution in [0.1, 0.15) is 112 Å². The maximum atomic E-state index is 14.5. The minimum absolute atomic E-state index is 0.0616. The van der Waals surface area contributed by atoms with E-state index in [2.05, 4.69) is 58.5 Å². The van der Waals surface area contributed by atoms with Gasteiger partial charge in [0.05, 0.1) is 12.6 Å². The molecule has 1 saturated carbocycles. The number of carbonyl (C=O) groups is 2. The number of aromatic nitrogens is 4. The number of halogens is 2. The summed E-state index contributed by atoms with van der Waals surface area (Å²) in [5, 5.41) is 17.4. The largest absolute Gasteiger partial charge is 0.345 e. The Hall–Kier alpha value is -3.30. The van der Waals surface area contributed by atoms with E-state index in [1.807, 2.05) is 24.3 Å². The van der Waals surface area contributed by atoms with Gasteiger partial charge >= 0.3 is 0 Å². The lowest BCUT2D eigenvalue weighted by molar-refractivity contribution is -0.133. The monoisotopic (exact) mass is 637 g/mol. The number of hydrogen-bond donors (Lipinski definition) is 2. The molecule has 1 spiro atoms. The van der Waals surface area contributed by atoms with Crippen molar-refractivity contribution in [1.82, 2.24) is 30.8 Å². The van der Waals surface area contributed by atoms with Gasteiger partial charge in [-0.15, -0.1) is 10.2 Å². The van der Waals surface area contributed by atoms with Gasteiger partial charge in [0.15, 0.2) is 5.82 Å². The Kier molecular flexibility index (Phi) is 9.75. The van der Waals surface area contributed by atoms with Gasteiger partial charge in [-0.1, -0.05) is 81.1 Å². The van der Waals surface area contributed by atoms with Crippen molar-refractivity contribution in [3.05, 3.63) is 75.0 Å². The smallest absolute Gasteiger partial charge is 0.275 e. The Morgan fingerprint density at radius 3 is 2.39 bits per heavy atom. The second kappa shape index (κ2) is 13.4. The molecule has 1 fully saturated rings. The van der Waals surface area contributed by atoms with Crippen LogP contribution in [0.5, 0.6) is 0 Å². The number of rotatable bonds is 10. The van der Waals surface area contributed by atoms with E-state index in [4.69, 9.17) is 28.2 Å². The molecule has 11 heteroatoms. The molecule has 2 heterocycles. The number of tetrazole rings is 1. The third kappa shape index (κ3) is 7.32. The lowest BCUT2D eigenvalue weighted by Gasteiger charge is -2.46. The van der Waals surface area contributed by atoms with Crippen LogP contribution in [0.2, 0.25) is 10.0 Å². The first kappa shape index (κ1) is 32.1. The maximum Gasteiger partial charge on any atom is 0.275 e. The molecule has 0 bridgehead atoms. The van der Waals surface area contributed by atoms with E-state index in [-0.39, 0.29) is 29.8 Å². The molecule has 2 aliphatic rings. The molecule has 1 atom stereocenters. The summed E-state index contributed by atoms with van der Waals surface area (Å²) in [6, 6.07) is 12.6. The van der Waals surface area contributed by atoms with Crippen molar-refractivity contribution in [2.45, 2.75) is 97.3 Å². The number of nitrogens with zero attached hydrogens (tertiary/aromatic N) is 5. The Labute approximate surface area is 269 Å². The molecule has 0 radical (unpaired) electrons. The van der Waals surface area contributed by atoms with Crippen LogP contribution >= 0.6 is 23.2 Å². The van der Waals surface area contributed by atoms with Crippen LogP contribution in [0.15, 0.2) is 47.5 Å². The summed E-state index contributed by atoms with van der Waals surface area (Å²) in [7, 11) is 0. The normalized spacial score (nSPS) is 21.0. The fraction of sp³-hybridized carbons (Fsp3) is 0.515. The molecular weight excluding hydrogens is 597 g/mol. The fourth-order valence-corrected chi connectivity index (χ4v) is 7.03. The number of amides is 2. The number of aliphatic imine (C=N–C) groups is 1. The van der Waals surface area contributed by atoms with E-state index in [0.717, 1.165) is 50.5 Å². The molecule has 44 heavy (non-hydrogen) atoms. The quantitative estimate of drug-likeness (QED) is 0.241. The van der Waals surface area contributed by atoms with Crippen molar-refractivity contribution in [3.8, 4) is 0 Å². The topological polar surface area (TPSA) is 116 Å². The van der Waals surface area contributed by atoms with Crippen molar-refractivity contribution < 1.29 is 9.59 Å². The molecule has 0 saturated heterocycles. The highest BCUT2D eigenvalue weighted by Gasteiger charge is 2.51. The molecule has 5 rings (SSSR count). The van der Waals surface area contributed by atoms with Crippen LogP contribution < -0.4 is 5.32 Å². The lowest BCUT2D eigenvalue weighted by Crippen LogP contribution is -2.51. The first-order valence-electron chi connectivity index (χ1n) is 15.5. The fourth-order valence-electron chi connectivity index (χ4n) is 6.50. The summed E-state index contributed by atoms with van der Waals surface area (Å²) >= 11 is 12.8. The van der Waals surface area contributed by atoms with Gasteiger partial charge in [-0.2, -0.15) is 5.21 Å². The van der Waals surface area contributed by atoms with Gasteiger partial charge in [-0.3, -0.25) is 14.6 Å². The number of hydrogen-bond acceptors (Lipinski definition) is 6. The predicted molar refractivity (Wildman–Crippen MR) is 173 cm³/mol. The average Bonchev–Trinajstić information content (AvgIpc) is 3.59. The minimum atomic E-state index is -0.644. The Morgan fingerprint density at radius 1 is 1.11 bits per heavy atom. The van der Waals surface area contributed by atoms with Crippen molar-refractivity contribution in [2.24, 2.45) is 16.3 Å². The van der Waals surface area contributed by atoms with Crippen molar-refractivity contribution in [1.29, 1.82) is 0 Å². The molecule has 1 aromatic heterocycles. The van der Waals surface area contributed by atoms with Crippen molar-refractivity contribution in [2.75, 3.05) is 0 Å². The summed E-state index contributed by atoms with van der Waals surface area (Å²) in [5.74, 6) is 0.707. The van der Waals surface area contributed by atoms with E-state index >= 15 is 0 Å². The highest BCUT2D eigenvalue weighted by atomic mass is 35.5. The van der Waals surface area contributed by atoms with Gasteiger partial charge in [-0.25, -0.2) is 0 Å².